The van der Waals surface area contributed by atoms with Crippen molar-refractivity contribution in [2.24, 2.45) is 0 Å². The lowest BCUT2D eigenvalue weighted by Crippen LogP contribution is -2.48. The van der Waals surface area contributed by atoms with E-state index in [9.17, 15) is 0 Å². The van der Waals surface area contributed by atoms with Crippen molar-refractivity contribution >= 4 is 11.8 Å². The Morgan fingerprint density at radius 1 is 1.18 bits per heavy atom. The molecule has 0 spiro atoms. The summed E-state index contributed by atoms with van der Waals surface area (Å²) in [6.07, 6.45) is 8.57. The first-order valence-electron chi connectivity index (χ1n) is 7.43. The van der Waals surface area contributed by atoms with Crippen molar-refractivity contribution in [2.75, 3.05) is 18.8 Å². The second-order valence-electron chi connectivity index (χ2n) is 6.11. The number of piperidine rings is 1. The maximum absolute atomic E-state index is 3.72. The zero-order valence-electron chi connectivity index (χ0n) is 11.0. The van der Waals surface area contributed by atoms with Gasteiger partial charge in [0.05, 0.1) is 0 Å². The largest absolute Gasteiger partial charge is 0.313 e. The number of nitrogens with zero attached hydrogens (tertiary/aromatic N) is 1. The third kappa shape index (κ3) is 3.18. The van der Waals surface area contributed by atoms with Crippen molar-refractivity contribution in [1.29, 1.82) is 0 Å². The summed E-state index contributed by atoms with van der Waals surface area (Å²) in [5.74, 6) is 1.38. The van der Waals surface area contributed by atoms with Gasteiger partial charge in [-0.15, -0.1) is 0 Å². The molecule has 2 saturated heterocycles. The molecule has 0 aromatic carbocycles. The second kappa shape index (κ2) is 5.50. The van der Waals surface area contributed by atoms with E-state index in [0.29, 0.717) is 0 Å². The van der Waals surface area contributed by atoms with E-state index in [1.807, 2.05) is 0 Å². The van der Waals surface area contributed by atoms with E-state index in [1.165, 1.54) is 57.4 Å². The van der Waals surface area contributed by atoms with E-state index in [0.717, 1.165) is 23.4 Å². The van der Waals surface area contributed by atoms with Gasteiger partial charge in [-0.2, -0.15) is 11.8 Å². The first-order chi connectivity index (χ1) is 8.33. The minimum Gasteiger partial charge on any atom is -0.313 e. The average Bonchev–Trinajstić information content (AvgIpc) is 3.10. The topological polar surface area (TPSA) is 15.3 Å². The van der Waals surface area contributed by atoms with Gasteiger partial charge < -0.3 is 5.32 Å². The molecule has 3 fully saturated rings. The monoisotopic (exact) mass is 254 g/mol. The van der Waals surface area contributed by atoms with Crippen LogP contribution in [0, 0.1) is 0 Å². The Balaban J connectivity index is 1.56. The van der Waals surface area contributed by atoms with E-state index in [2.05, 4.69) is 28.9 Å². The number of rotatable bonds is 4. The molecule has 1 saturated carbocycles. The third-order valence-electron chi connectivity index (χ3n) is 4.51. The Morgan fingerprint density at radius 2 is 2.06 bits per heavy atom. The Morgan fingerprint density at radius 3 is 2.65 bits per heavy atom. The SMILES string of the molecule is CC1CC(N(CC2CCCCN2)C2CC2)CS1. The van der Waals surface area contributed by atoms with Crippen LogP contribution in [0.1, 0.15) is 45.4 Å². The van der Waals surface area contributed by atoms with Crippen LogP contribution in [0.25, 0.3) is 0 Å². The van der Waals surface area contributed by atoms with E-state index >= 15 is 0 Å². The van der Waals surface area contributed by atoms with Crippen LogP contribution < -0.4 is 5.32 Å². The second-order valence-corrected chi connectivity index (χ2v) is 7.58. The average molecular weight is 254 g/mol. The summed E-state index contributed by atoms with van der Waals surface area (Å²) < 4.78 is 0. The van der Waals surface area contributed by atoms with Crippen LogP contribution in [0.2, 0.25) is 0 Å². The lowest BCUT2D eigenvalue weighted by atomic mass is 10.0. The molecule has 2 nitrogen and oxygen atoms in total. The Labute approximate surface area is 110 Å². The molecule has 2 aliphatic heterocycles. The predicted molar refractivity (Wildman–Crippen MR) is 75.7 cm³/mol. The van der Waals surface area contributed by atoms with E-state index < -0.39 is 0 Å². The predicted octanol–water partition coefficient (Wildman–Crippen LogP) is 2.49. The zero-order chi connectivity index (χ0) is 11.7. The van der Waals surface area contributed by atoms with E-state index in [-0.39, 0.29) is 0 Å². The van der Waals surface area contributed by atoms with Gasteiger partial charge in [0.1, 0.15) is 0 Å². The summed E-state index contributed by atoms with van der Waals surface area (Å²) in [6, 6.07) is 2.60. The molecule has 0 aromatic rings. The van der Waals surface area contributed by atoms with Gasteiger partial charge in [-0.05, 0) is 38.6 Å². The molecule has 3 aliphatic rings. The first kappa shape index (κ1) is 12.3. The molecule has 1 aliphatic carbocycles. The van der Waals surface area contributed by atoms with Crippen LogP contribution in [0.5, 0.6) is 0 Å². The Bertz CT molecular complexity index is 249. The molecule has 1 N–H and O–H groups in total. The molecule has 3 atom stereocenters. The van der Waals surface area contributed by atoms with Gasteiger partial charge in [0, 0.05) is 35.7 Å². The third-order valence-corrected chi connectivity index (χ3v) is 5.84. The van der Waals surface area contributed by atoms with Gasteiger partial charge in [0.25, 0.3) is 0 Å². The maximum atomic E-state index is 3.72. The highest BCUT2D eigenvalue weighted by molar-refractivity contribution is 8.00. The molecule has 2 heterocycles. The molecule has 17 heavy (non-hydrogen) atoms. The minimum absolute atomic E-state index is 0.783. The summed E-state index contributed by atoms with van der Waals surface area (Å²) >= 11 is 2.18. The quantitative estimate of drug-likeness (QED) is 0.830. The summed E-state index contributed by atoms with van der Waals surface area (Å²) in [5.41, 5.74) is 0. The summed E-state index contributed by atoms with van der Waals surface area (Å²) in [7, 11) is 0. The van der Waals surface area contributed by atoms with Crippen molar-refractivity contribution < 1.29 is 0 Å². The molecule has 0 radical (unpaired) electrons. The fraction of sp³-hybridized carbons (Fsp3) is 1.00. The molecule has 0 aromatic heterocycles. The van der Waals surface area contributed by atoms with Crippen LogP contribution in [-0.4, -0.2) is 47.1 Å². The highest BCUT2D eigenvalue weighted by Gasteiger charge is 2.38. The summed E-state index contributed by atoms with van der Waals surface area (Å²) in [5, 5.41) is 4.61. The van der Waals surface area contributed by atoms with Gasteiger partial charge >= 0.3 is 0 Å². The highest BCUT2D eigenvalue weighted by Crippen LogP contribution is 2.36. The fourth-order valence-corrected chi connectivity index (χ4v) is 4.60. The molecule has 3 unspecified atom stereocenters. The van der Waals surface area contributed by atoms with Crippen molar-refractivity contribution in [1.82, 2.24) is 10.2 Å². The number of hydrogen-bond acceptors (Lipinski definition) is 3. The zero-order valence-corrected chi connectivity index (χ0v) is 11.8. The molecular formula is C14H26N2S. The van der Waals surface area contributed by atoms with Gasteiger partial charge in [-0.1, -0.05) is 13.3 Å². The van der Waals surface area contributed by atoms with Gasteiger partial charge in [-0.25, -0.2) is 0 Å². The molecule has 3 rings (SSSR count). The maximum Gasteiger partial charge on any atom is 0.0200 e. The van der Waals surface area contributed by atoms with Crippen LogP contribution in [0.4, 0.5) is 0 Å². The number of hydrogen-bond donors (Lipinski definition) is 1. The van der Waals surface area contributed by atoms with E-state index in [4.69, 9.17) is 0 Å². The molecule has 0 amide bonds. The number of nitrogens with one attached hydrogen (secondary N) is 1. The normalized spacial score (nSPS) is 38.8. The summed E-state index contributed by atoms with van der Waals surface area (Å²) in [6.45, 7) is 4.97. The number of thioether (sulfide) groups is 1. The minimum atomic E-state index is 0.783. The summed E-state index contributed by atoms with van der Waals surface area (Å²) in [4.78, 5) is 2.86. The standard InChI is InChI=1S/C14H26N2S/c1-11-8-14(10-17-11)16(13-5-6-13)9-12-4-2-3-7-15-12/h11-15H,2-10H2,1H3. The van der Waals surface area contributed by atoms with Crippen LogP contribution in [0.3, 0.4) is 0 Å². The van der Waals surface area contributed by atoms with Gasteiger partial charge in [0.2, 0.25) is 0 Å². The van der Waals surface area contributed by atoms with Crippen LogP contribution in [-0.2, 0) is 0 Å². The highest BCUT2D eigenvalue weighted by atomic mass is 32.2. The lowest BCUT2D eigenvalue weighted by molar-refractivity contribution is 0.166. The smallest absolute Gasteiger partial charge is 0.0200 e. The van der Waals surface area contributed by atoms with Crippen molar-refractivity contribution in [2.45, 2.75) is 68.8 Å². The lowest BCUT2D eigenvalue weighted by Gasteiger charge is -2.34. The van der Waals surface area contributed by atoms with Crippen molar-refractivity contribution in [3.8, 4) is 0 Å². The van der Waals surface area contributed by atoms with Gasteiger partial charge in [-0.3, -0.25) is 4.90 Å². The van der Waals surface area contributed by atoms with Crippen LogP contribution in [0.15, 0.2) is 0 Å². The van der Waals surface area contributed by atoms with Crippen LogP contribution >= 0.6 is 11.8 Å². The van der Waals surface area contributed by atoms with Crippen molar-refractivity contribution in [3.63, 3.8) is 0 Å². The molecule has 98 valence electrons. The van der Waals surface area contributed by atoms with Gasteiger partial charge in [0.15, 0.2) is 0 Å². The Kier molecular flexibility index (Phi) is 3.98. The Hall–Kier alpha value is 0.270. The van der Waals surface area contributed by atoms with Crippen molar-refractivity contribution in [3.05, 3.63) is 0 Å². The fourth-order valence-electron chi connectivity index (χ4n) is 3.36. The molecule has 3 heteroatoms. The molecule has 0 bridgehead atoms. The van der Waals surface area contributed by atoms with E-state index in [1.54, 1.807) is 0 Å². The molecular weight excluding hydrogens is 228 g/mol. The first-order valence-corrected chi connectivity index (χ1v) is 8.48.